The lowest BCUT2D eigenvalue weighted by Gasteiger charge is -2.09. The van der Waals surface area contributed by atoms with Crippen LogP contribution in [0.2, 0.25) is 0 Å². The van der Waals surface area contributed by atoms with Gasteiger partial charge in [0, 0.05) is 21.2 Å². The first-order valence-corrected chi connectivity index (χ1v) is 9.41. The number of carbonyl (C=O) groups is 2. The Morgan fingerprint density at radius 3 is 1.14 bits per heavy atom. The van der Waals surface area contributed by atoms with Gasteiger partial charge in [-0.1, -0.05) is 21.6 Å². The molecule has 12 heteroatoms. The predicted molar refractivity (Wildman–Crippen MR) is 94.0 cm³/mol. The third-order valence-electron chi connectivity index (χ3n) is 2.97. The van der Waals surface area contributed by atoms with Crippen molar-refractivity contribution in [2.75, 3.05) is 10.6 Å². The second-order valence-electron chi connectivity index (χ2n) is 5.12. The molecule has 0 atom stereocenters. The van der Waals surface area contributed by atoms with Crippen LogP contribution >= 0.6 is 21.6 Å². The van der Waals surface area contributed by atoms with Gasteiger partial charge >= 0.3 is 24.2 Å². The molecule has 4 nitrogen and oxygen atoms in total. The molecule has 0 aromatic heterocycles. The fraction of sp³-hybridized carbons (Fsp3) is 0.125. The fourth-order valence-corrected chi connectivity index (χ4v) is 3.62. The number of benzene rings is 2. The Balaban J connectivity index is 1.88. The molecule has 2 aromatic rings. The largest absolute Gasteiger partial charge is 0.471 e. The van der Waals surface area contributed by atoms with Crippen molar-refractivity contribution in [3.63, 3.8) is 0 Å². The number of hydrogen-bond donors (Lipinski definition) is 2. The van der Waals surface area contributed by atoms with E-state index >= 15 is 0 Å². The molecular formula is C16H10F6N2O2S2. The van der Waals surface area contributed by atoms with E-state index in [1.54, 1.807) is 10.6 Å². The molecule has 0 aliphatic carbocycles. The number of alkyl halides is 6. The van der Waals surface area contributed by atoms with Crippen molar-refractivity contribution in [3.05, 3.63) is 48.5 Å². The van der Waals surface area contributed by atoms with Crippen molar-refractivity contribution < 1.29 is 35.9 Å². The summed E-state index contributed by atoms with van der Waals surface area (Å²) in [6, 6.07) is 11.2. The first-order valence-electron chi connectivity index (χ1n) is 7.26. The molecule has 0 fully saturated rings. The summed E-state index contributed by atoms with van der Waals surface area (Å²) in [5.41, 5.74) is -0.0251. The maximum absolute atomic E-state index is 12.2. The van der Waals surface area contributed by atoms with Crippen molar-refractivity contribution in [2.24, 2.45) is 0 Å². The summed E-state index contributed by atoms with van der Waals surface area (Å²) in [7, 11) is 2.49. The van der Waals surface area contributed by atoms with Crippen LogP contribution in [0, 0.1) is 0 Å². The van der Waals surface area contributed by atoms with Gasteiger partial charge in [0.2, 0.25) is 0 Å². The van der Waals surface area contributed by atoms with Gasteiger partial charge in [-0.3, -0.25) is 9.59 Å². The lowest BCUT2D eigenvalue weighted by molar-refractivity contribution is -0.167. The van der Waals surface area contributed by atoms with Crippen LogP contribution in [0.15, 0.2) is 58.3 Å². The summed E-state index contributed by atoms with van der Waals surface area (Å²) in [5.74, 6) is -4.14. The number of nitrogens with one attached hydrogen (secondary N) is 2. The van der Waals surface area contributed by atoms with E-state index in [2.05, 4.69) is 0 Å². The molecule has 28 heavy (non-hydrogen) atoms. The van der Waals surface area contributed by atoms with E-state index in [9.17, 15) is 35.9 Å². The molecule has 0 radical (unpaired) electrons. The zero-order valence-corrected chi connectivity index (χ0v) is 15.2. The van der Waals surface area contributed by atoms with Gasteiger partial charge in [-0.05, 0) is 48.5 Å². The van der Waals surface area contributed by atoms with Crippen LogP contribution in [0.3, 0.4) is 0 Å². The van der Waals surface area contributed by atoms with Crippen molar-refractivity contribution >= 4 is 44.8 Å². The number of amides is 2. The molecular weight excluding hydrogens is 430 g/mol. The van der Waals surface area contributed by atoms with Gasteiger partial charge in [0.05, 0.1) is 0 Å². The lowest BCUT2D eigenvalue weighted by atomic mass is 10.3. The van der Waals surface area contributed by atoms with E-state index in [1.807, 2.05) is 0 Å². The van der Waals surface area contributed by atoms with Gasteiger partial charge in [-0.2, -0.15) is 26.3 Å². The highest BCUT2D eigenvalue weighted by atomic mass is 33.1. The van der Waals surface area contributed by atoms with E-state index in [1.165, 1.54) is 70.1 Å². The molecule has 0 unspecified atom stereocenters. The normalized spacial score (nSPS) is 11.8. The second kappa shape index (κ2) is 8.78. The third-order valence-corrected chi connectivity index (χ3v) is 5.39. The monoisotopic (exact) mass is 440 g/mol. The molecule has 2 aromatic carbocycles. The molecule has 0 saturated heterocycles. The molecule has 0 spiro atoms. The van der Waals surface area contributed by atoms with E-state index in [0.717, 1.165) is 0 Å². The Kier molecular flexibility index (Phi) is 6.88. The topological polar surface area (TPSA) is 58.2 Å². The Bertz CT molecular complexity index is 765. The third kappa shape index (κ3) is 6.68. The molecule has 150 valence electrons. The fourth-order valence-electron chi connectivity index (χ4n) is 1.69. The quantitative estimate of drug-likeness (QED) is 0.477. The average molecular weight is 440 g/mol. The first-order chi connectivity index (χ1) is 12.9. The highest BCUT2D eigenvalue weighted by Gasteiger charge is 2.39. The molecule has 0 heterocycles. The summed E-state index contributed by atoms with van der Waals surface area (Å²) in [4.78, 5) is 23.0. The molecule has 0 aliphatic rings. The van der Waals surface area contributed by atoms with E-state index in [-0.39, 0.29) is 11.4 Å². The highest BCUT2D eigenvalue weighted by molar-refractivity contribution is 8.76. The Morgan fingerprint density at radius 2 is 0.893 bits per heavy atom. The molecule has 0 aliphatic heterocycles. The van der Waals surface area contributed by atoms with E-state index in [0.29, 0.717) is 9.79 Å². The maximum atomic E-state index is 12.2. The highest BCUT2D eigenvalue weighted by Crippen LogP contribution is 2.38. The van der Waals surface area contributed by atoms with Crippen LogP contribution in [0.25, 0.3) is 0 Å². The molecule has 0 bridgehead atoms. The first kappa shape index (κ1) is 22.0. The van der Waals surface area contributed by atoms with Crippen molar-refractivity contribution in [1.29, 1.82) is 0 Å². The SMILES string of the molecule is O=C(Nc1ccc(SSc2ccc(NC(=O)C(F)(F)F)cc2)cc1)C(F)(F)F. The molecule has 2 N–H and O–H groups in total. The zero-order valence-electron chi connectivity index (χ0n) is 13.5. The van der Waals surface area contributed by atoms with Gasteiger partial charge in [-0.25, -0.2) is 0 Å². The number of halogens is 6. The van der Waals surface area contributed by atoms with Crippen LogP contribution in [0.1, 0.15) is 0 Å². The standard InChI is InChI=1S/C16H10F6N2O2S2/c17-15(18,19)13(25)23-9-1-5-11(6-2-9)27-28-12-7-3-10(4-8-12)24-14(26)16(20,21)22/h1-8H,(H,23,25)(H,24,26). The van der Waals surface area contributed by atoms with E-state index < -0.39 is 24.2 Å². The average Bonchev–Trinajstić information content (AvgIpc) is 2.60. The second-order valence-corrected chi connectivity index (χ2v) is 7.40. The van der Waals surface area contributed by atoms with Crippen LogP contribution in [-0.4, -0.2) is 24.2 Å². The predicted octanol–water partition coefficient (Wildman–Crippen LogP) is 5.49. The smallest absolute Gasteiger partial charge is 0.318 e. The number of rotatable bonds is 5. The Morgan fingerprint density at radius 1 is 0.607 bits per heavy atom. The summed E-state index contributed by atoms with van der Waals surface area (Å²) in [6.45, 7) is 0. The molecule has 0 saturated carbocycles. The van der Waals surface area contributed by atoms with Crippen LogP contribution < -0.4 is 10.6 Å². The Hall–Kier alpha value is -2.34. The Labute approximate surface area is 162 Å². The summed E-state index contributed by atoms with van der Waals surface area (Å²) >= 11 is 0. The van der Waals surface area contributed by atoms with Gasteiger partial charge in [-0.15, -0.1) is 0 Å². The number of hydrogen-bond acceptors (Lipinski definition) is 4. The van der Waals surface area contributed by atoms with Gasteiger partial charge in [0.25, 0.3) is 0 Å². The van der Waals surface area contributed by atoms with Crippen LogP contribution in [0.5, 0.6) is 0 Å². The van der Waals surface area contributed by atoms with Crippen molar-refractivity contribution in [1.82, 2.24) is 0 Å². The number of anilines is 2. The van der Waals surface area contributed by atoms with Crippen LogP contribution in [0.4, 0.5) is 37.7 Å². The summed E-state index contributed by atoms with van der Waals surface area (Å²) < 4.78 is 73.1. The summed E-state index contributed by atoms with van der Waals surface area (Å²) in [5, 5.41) is 3.44. The minimum Gasteiger partial charge on any atom is -0.318 e. The maximum Gasteiger partial charge on any atom is 0.471 e. The molecule has 2 amide bonds. The zero-order chi connectivity index (χ0) is 20.9. The molecule has 2 rings (SSSR count). The van der Waals surface area contributed by atoms with Crippen molar-refractivity contribution in [3.8, 4) is 0 Å². The van der Waals surface area contributed by atoms with Gasteiger partial charge < -0.3 is 10.6 Å². The minimum absolute atomic E-state index is 0.0126. The van der Waals surface area contributed by atoms with Gasteiger partial charge in [0.15, 0.2) is 0 Å². The van der Waals surface area contributed by atoms with E-state index in [4.69, 9.17) is 0 Å². The lowest BCUT2D eigenvalue weighted by Crippen LogP contribution is -2.29. The van der Waals surface area contributed by atoms with Crippen molar-refractivity contribution in [2.45, 2.75) is 22.1 Å². The van der Waals surface area contributed by atoms with Gasteiger partial charge in [0.1, 0.15) is 0 Å². The summed E-state index contributed by atoms with van der Waals surface area (Å²) in [6.07, 6.45) is -9.95. The minimum atomic E-state index is -4.98. The number of carbonyl (C=O) groups excluding carboxylic acids is 2. The van der Waals surface area contributed by atoms with Crippen LogP contribution in [-0.2, 0) is 9.59 Å².